The summed E-state index contributed by atoms with van der Waals surface area (Å²) in [5.74, 6) is 0. The second-order valence-electron chi connectivity index (χ2n) is 15.7. The first kappa shape index (κ1) is 44.9. The maximum atomic E-state index is 6.84. The van der Waals surface area contributed by atoms with Crippen LogP contribution in [0.4, 0.5) is 11.4 Å². The molecular weight excluding hydrogens is 996 g/mol. The van der Waals surface area contributed by atoms with E-state index in [0.29, 0.717) is 23.0 Å². The van der Waals surface area contributed by atoms with Crippen molar-refractivity contribution < 1.29 is 9.47 Å². The van der Waals surface area contributed by atoms with Crippen molar-refractivity contribution in [3.63, 3.8) is 0 Å². The van der Waals surface area contributed by atoms with Crippen molar-refractivity contribution in [2.45, 2.75) is 10.1 Å². The number of morpholine rings is 2. The fourth-order valence-electron chi connectivity index (χ4n) is 7.80. The number of ether oxygens (including phenoxy) is 2. The van der Waals surface area contributed by atoms with Crippen LogP contribution in [-0.2, 0) is 23.6 Å². The molecule has 2 saturated heterocycles. The van der Waals surface area contributed by atoms with E-state index < -0.39 is 0 Å². The standard InChI is InChI=1S/C23H20ClN7OS.C13H12BrClN2O.C10H9N5S/c1-29-13-16(11-26-29)15-2-5-21-27-28-23(31(21)14-15)33-17-3-4-19-18(10-17)22(24)20(12-25-19)30-6-8-32-9-7-30;14-9-1-2-11-10(7-9)13(15)12(8-16-11)17-3-5-18-6-4-17;1-14-5-8(4-11-14)7-2-3-9-12-13-10(16)15(9)6-7/h2-5,10-14H,6-9H2,1H3;1-2,7-8H,3-6H2;2-6H,1H3,(H,13,16). The van der Waals surface area contributed by atoms with Gasteiger partial charge in [0.05, 0.1) is 83.7 Å². The lowest BCUT2D eigenvalue weighted by Crippen LogP contribution is -2.36. The van der Waals surface area contributed by atoms with E-state index >= 15 is 0 Å². The Morgan fingerprint density at radius 1 is 0.627 bits per heavy atom. The van der Waals surface area contributed by atoms with Crippen molar-refractivity contribution in [3.8, 4) is 22.3 Å². The van der Waals surface area contributed by atoms with Gasteiger partial charge in [0.1, 0.15) is 0 Å². The Balaban J connectivity index is 0.000000130. The van der Waals surface area contributed by atoms with Crippen LogP contribution >= 0.6 is 63.1 Å². The summed E-state index contributed by atoms with van der Waals surface area (Å²) in [7, 11) is 3.80. The molecule has 2 fully saturated rings. The van der Waals surface area contributed by atoms with Crippen molar-refractivity contribution in [1.29, 1.82) is 0 Å². The first-order valence-electron chi connectivity index (χ1n) is 21.2. The number of nitrogens with zero attached hydrogens (tertiary/aromatic N) is 13. The predicted octanol–water partition coefficient (Wildman–Crippen LogP) is 9.60. The summed E-state index contributed by atoms with van der Waals surface area (Å²) in [5, 5.41) is 28.2. The van der Waals surface area contributed by atoms with Gasteiger partial charge in [-0.15, -0.1) is 10.2 Å². The molecule has 0 atom stereocenters. The third kappa shape index (κ3) is 9.76. The van der Waals surface area contributed by atoms with Crippen LogP contribution in [0.25, 0.3) is 55.4 Å². The topological polar surface area (TPSA) is 150 Å². The van der Waals surface area contributed by atoms with Gasteiger partial charge in [0, 0.05) is 107 Å². The molecule has 0 spiro atoms. The monoisotopic (exact) mass is 1030 g/mol. The number of hydrogen-bond donors (Lipinski definition) is 1. The average molecular weight is 1040 g/mol. The van der Waals surface area contributed by atoms with E-state index in [-0.39, 0.29) is 0 Å². The fourth-order valence-corrected chi connectivity index (χ4v) is 9.84. The number of pyridine rings is 4. The average Bonchev–Trinajstić information content (AvgIpc) is 4.18. The Morgan fingerprint density at radius 3 is 1.76 bits per heavy atom. The van der Waals surface area contributed by atoms with E-state index in [0.717, 1.165) is 126 Å². The molecule has 16 nitrogen and oxygen atoms in total. The van der Waals surface area contributed by atoms with Gasteiger partial charge in [-0.25, -0.2) is 0 Å². The Kier molecular flexibility index (Phi) is 13.2. The summed E-state index contributed by atoms with van der Waals surface area (Å²) in [6, 6.07) is 20.0. The van der Waals surface area contributed by atoms with Crippen LogP contribution in [0.5, 0.6) is 0 Å². The predicted molar refractivity (Wildman–Crippen MR) is 269 cm³/mol. The number of rotatable bonds is 6. The van der Waals surface area contributed by atoms with Crippen molar-refractivity contribution in [3.05, 3.63) is 130 Å². The van der Waals surface area contributed by atoms with Crippen molar-refractivity contribution in [2.24, 2.45) is 14.1 Å². The molecule has 1 N–H and O–H groups in total. The van der Waals surface area contributed by atoms with Gasteiger partial charge in [-0.2, -0.15) is 15.3 Å². The molecule has 2 aliphatic rings. The number of aromatic nitrogens is 12. The summed E-state index contributed by atoms with van der Waals surface area (Å²) in [6.45, 7) is 6.23. The van der Waals surface area contributed by atoms with E-state index in [1.54, 1.807) is 21.1 Å². The maximum Gasteiger partial charge on any atom is 0.200 e. The highest BCUT2D eigenvalue weighted by Crippen LogP contribution is 2.37. The van der Waals surface area contributed by atoms with Crippen LogP contribution < -0.4 is 9.80 Å². The Labute approximate surface area is 411 Å². The normalized spacial score (nSPS) is 14.1. The number of aromatic amines is 1. The first-order chi connectivity index (χ1) is 32.6. The molecule has 10 aromatic rings. The van der Waals surface area contributed by atoms with Crippen LogP contribution in [0.2, 0.25) is 10.0 Å². The summed E-state index contributed by atoms with van der Waals surface area (Å²) in [6.07, 6.45) is 15.3. The largest absolute Gasteiger partial charge is 0.378 e. The minimum atomic E-state index is 0.598. The summed E-state index contributed by atoms with van der Waals surface area (Å²) in [5.41, 5.74) is 9.56. The van der Waals surface area contributed by atoms with Gasteiger partial charge in [-0.1, -0.05) is 39.1 Å². The molecule has 0 amide bonds. The highest BCUT2D eigenvalue weighted by molar-refractivity contribution is 9.10. The lowest BCUT2D eigenvalue weighted by atomic mass is 10.2. The third-order valence-corrected chi connectivity index (χ3v) is 13.8. The van der Waals surface area contributed by atoms with Gasteiger partial charge in [0.25, 0.3) is 0 Å². The number of nitrogens with one attached hydrogen (secondary N) is 1. The van der Waals surface area contributed by atoms with Crippen molar-refractivity contribution >= 4 is 108 Å². The van der Waals surface area contributed by atoms with Crippen LogP contribution in [0.3, 0.4) is 0 Å². The summed E-state index contributed by atoms with van der Waals surface area (Å²) in [4.78, 5) is 14.6. The molecule has 67 heavy (non-hydrogen) atoms. The minimum absolute atomic E-state index is 0.598. The van der Waals surface area contributed by atoms with Gasteiger partial charge in [0.15, 0.2) is 21.2 Å². The zero-order valence-electron chi connectivity index (χ0n) is 36.1. The number of anilines is 2. The van der Waals surface area contributed by atoms with Gasteiger partial charge in [0.2, 0.25) is 0 Å². The second-order valence-corrected chi connectivity index (χ2v) is 18.8. The van der Waals surface area contributed by atoms with Crippen molar-refractivity contribution in [1.82, 2.24) is 58.7 Å². The molecule has 2 aliphatic heterocycles. The molecule has 340 valence electrons. The SMILES string of the molecule is Clc1c(N2CCOCC2)cnc2ccc(Br)cc12.Cn1cc(-c2ccc3n[nH]c(=S)n3c2)cn1.Cn1cc(-c2ccc3nnc(Sc4ccc5ncc(N6CCOCC6)c(Cl)c5c4)n3c2)cn1. The van der Waals surface area contributed by atoms with Gasteiger partial charge < -0.3 is 19.3 Å². The number of benzene rings is 2. The van der Waals surface area contributed by atoms with Crippen LogP contribution in [0.1, 0.15) is 0 Å². The second kappa shape index (κ2) is 19.7. The molecule has 0 aliphatic carbocycles. The molecule has 0 unspecified atom stereocenters. The third-order valence-electron chi connectivity index (χ3n) is 11.3. The lowest BCUT2D eigenvalue weighted by molar-refractivity contribution is 0.122. The Morgan fingerprint density at radius 2 is 1.18 bits per heavy atom. The van der Waals surface area contributed by atoms with Crippen LogP contribution in [0.15, 0.2) is 125 Å². The zero-order valence-corrected chi connectivity index (χ0v) is 40.9. The number of fused-ring (bicyclic) bond motifs is 4. The summed E-state index contributed by atoms with van der Waals surface area (Å²) < 4.78 is 19.8. The molecule has 21 heteroatoms. The lowest BCUT2D eigenvalue weighted by Gasteiger charge is -2.29. The fraction of sp³-hybridized carbons (Fsp3) is 0.217. The molecule has 10 heterocycles. The number of halogens is 3. The Hall–Kier alpha value is -5.93. The van der Waals surface area contributed by atoms with Crippen LogP contribution in [-0.4, -0.2) is 111 Å². The molecule has 0 saturated carbocycles. The molecule has 0 bridgehead atoms. The molecular formula is C46H41BrCl2N14O2S2. The minimum Gasteiger partial charge on any atom is -0.378 e. The first-order valence-corrected chi connectivity index (χ1v) is 24.0. The van der Waals surface area contributed by atoms with E-state index in [2.05, 4.69) is 72.4 Å². The Bertz CT molecular complexity index is 3450. The smallest absolute Gasteiger partial charge is 0.200 e. The number of aryl methyl sites for hydroxylation is 2. The van der Waals surface area contributed by atoms with E-state index in [1.807, 2.05) is 127 Å². The van der Waals surface area contributed by atoms with Crippen LogP contribution in [0, 0.1) is 4.77 Å². The van der Waals surface area contributed by atoms with E-state index in [9.17, 15) is 0 Å². The van der Waals surface area contributed by atoms with Crippen molar-refractivity contribution in [2.75, 3.05) is 62.4 Å². The molecule has 8 aromatic heterocycles. The van der Waals surface area contributed by atoms with E-state index in [4.69, 9.17) is 44.9 Å². The number of hydrogen-bond acceptors (Lipinski definition) is 13. The molecule has 12 rings (SSSR count). The maximum absolute atomic E-state index is 6.84. The summed E-state index contributed by atoms with van der Waals surface area (Å²) >= 11 is 23.5. The highest BCUT2D eigenvalue weighted by atomic mass is 79.9. The van der Waals surface area contributed by atoms with E-state index in [1.165, 1.54) is 0 Å². The van der Waals surface area contributed by atoms with Gasteiger partial charge >= 0.3 is 0 Å². The number of H-pyrrole nitrogens is 1. The zero-order chi connectivity index (χ0) is 46.0. The van der Waals surface area contributed by atoms with Gasteiger partial charge in [-0.3, -0.25) is 33.2 Å². The molecule has 0 radical (unpaired) electrons. The van der Waals surface area contributed by atoms with Gasteiger partial charge in [-0.05, 0) is 84.6 Å². The highest BCUT2D eigenvalue weighted by Gasteiger charge is 2.19. The quantitative estimate of drug-likeness (QED) is 0.158. The molecule has 2 aromatic carbocycles.